The van der Waals surface area contributed by atoms with Crippen LogP contribution in [0.2, 0.25) is 0 Å². The van der Waals surface area contributed by atoms with Crippen LogP contribution in [0.15, 0.2) is 16.8 Å². The Bertz CT molecular complexity index is 419. The standard InChI is InChI=1S/C15H25N3OS/c1-12(14-5-7-20-11-14)8-16-15(19)18-6-4-13(10-18)9-17(2)3/h5,7,11-13H,4,6,8-10H2,1-3H3,(H,16,19)/t12-,13+/m0/s1. The van der Waals surface area contributed by atoms with E-state index < -0.39 is 0 Å². The molecule has 5 heteroatoms. The normalized spacial score (nSPS) is 20.4. The van der Waals surface area contributed by atoms with E-state index in [2.05, 4.69) is 48.1 Å². The van der Waals surface area contributed by atoms with Crippen LogP contribution in [0.25, 0.3) is 0 Å². The van der Waals surface area contributed by atoms with Crippen molar-refractivity contribution in [3.05, 3.63) is 22.4 Å². The van der Waals surface area contributed by atoms with E-state index in [0.717, 1.165) is 26.1 Å². The van der Waals surface area contributed by atoms with Crippen molar-refractivity contribution in [3.8, 4) is 0 Å². The van der Waals surface area contributed by atoms with Crippen molar-refractivity contribution in [1.82, 2.24) is 15.1 Å². The van der Waals surface area contributed by atoms with E-state index in [0.29, 0.717) is 18.4 Å². The highest BCUT2D eigenvalue weighted by molar-refractivity contribution is 7.07. The minimum Gasteiger partial charge on any atom is -0.337 e. The van der Waals surface area contributed by atoms with Crippen molar-refractivity contribution in [2.24, 2.45) is 5.92 Å². The second kappa shape index (κ2) is 7.09. The molecule has 1 aliphatic rings. The first-order valence-corrected chi connectivity index (χ1v) is 8.20. The van der Waals surface area contributed by atoms with Gasteiger partial charge in [-0.25, -0.2) is 4.79 Å². The van der Waals surface area contributed by atoms with Crippen LogP contribution in [0, 0.1) is 5.92 Å². The van der Waals surface area contributed by atoms with Crippen molar-refractivity contribution >= 4 is 17.4 Å². The summed E-state index contributed by atoms with van der Waals surface area (Å²) in [4.78, 5) is 16.3. The van der Waals surface area contributed by atoms with Gasteiger partial charge in [0, 0.05) is 26.2 Å². The Balaban J connectivity index is 1.73. The zero-order chi connectivity index (χ0) is 14.5. The van der Waals surface area contributed by atoms with E-state index in [1.165, 1.54) is 5.56 Å². The van der Waals surface area contributed by atoms with E-state index >= 15 is 0 Å². The Morgan fingerprint density at radius 1 is 1.60 bits per heavy atom. The summed E-state index contributed by atoms with van der Waals surface area (Å²) in [6, 6.07) is 2.22. The van der Waals surface area contributed by atoms with E-state index in [4.69, 9.17) is 0 Å². The molecule has 2 rings (SSSR count). The average Bonchev–Trinajstić information content (AvgIpc) is 3.05. The number of hydrogen-bond acceptors (Lipinski definition) is 3. The third-order valence-corrected chi connectivity index (χ3v) is 4.57. The maximum Gasteiger partial charge on any atom is 0.317 e. The van der Waals surface area contributed by atoms with E-state index in [1.54, 1.807) is 11.3 Å². The fourth-order valence-electron chi connectivity index (χ4n) is 2.71. The zero-order valence-electron chi connectivity index (χ0n) is 12.6. The topological polar surface area (TPSA) is 35.6 Å². The number of thiophene rings is 1. The van der Waals surface area contributed by atoms with Crippen LogP contribution in [-0.4, -0.2) is 56.1 Å². The molecular formula is C15H25N3OS. The summed E-state index contributed by atoms with van der Waals surface area (Å²) < 4.78 is 0. The van der Waals surface area contributed by atoms with Crippen molar-refractivity contribution in [2.45, 2.75) is 19.3 Å². The number of carbonyl (C=O) groups excluding carboxylic acids is 1. The number of nitrogens with zero attached hydrogens (tertiary/aromatic N) is 2. The largest absolute Gasteiger partial charge is 0.337 e. The zero-order valence-corrected chi connectivity index (χ0v) is 13.4. The molecule has 2 amide bonds. The molecule has 0 aliphatic carbocycles. The van der Waals surface area contributed by atoms with Gasteiger partial charge in [0.1, 0.15) is 0 Å². The molecule has 1 aromatic heterocycles. The highest BCUT2D eigenvalue weighted by atomic mass is 32.1. The molecule has 1 saturated heterocycles. The molecule has 112 valence electrons. The molecule has 2 atom stereocenters. The summed E-state index contributed by atoms with van der Waals surface area (Å²) in [5.41, 5.74) is 1.31. The Kier molecular flexibility index (Phi) is 5.43. The number of urea groups is 1. The molecule has 1 fully saturated rings. The predicted octanol–water partition coefficient (Wildman–Crippen LogP) is 2.44. The molecule has 0 saturated carbocycles. The molecule has 0 aromatic carbocycles. The van der Waals surface area contributed by atoms with Crippen molar-refractivity contribution in [1.29, 1.82) is 0 Å². The summed E-state index contributed by atoms with van der Waals surface area (Å²) in [5.74, 6) is 0.996. The van der Waals surface area contributed by atoms with Gasteiger partial charge in [0.25, 0.3) is 0 Å². The number of hydrogen-bond donors (Lipinski definition) is 1. The monoisotopic (exact) mass is 295 g/mol. The number of nitrogens with one attached hydrogen (secondary N) is 1. The third-order valence-electron chi connectivity index (χ3n) is 3.87. The summed E-state index contributed by atoms with van der Waals surface area (Å²) in [7, 11) is 4.18. The molecule has 1 aliphatic heterocycles. The SMILES string of the molecule is C[C@@H](CNC(=O)N1CC[C@H](CN(C)C)C1)c1ccsc1. The summed E-state index contributed by atoms with van der Waals surface area (Å²) in [6.45, 7) is 5.70. The van der Waals surface area contributed by atoms with Gasteiger partial charge in [-0.1, -0.05) is 6.92 Å². The lowest BCUT2D eigenvalue weighted by Crippen LogP contribution is -2.40. The molecule has 1 aromatic rings. The van der Waals surface area contributed by atoms with Gasteiger partial charge in [-0.3, -0.25) is 0 Å². The first-order valence-electron chi connectivity index (χ1n) is 7.26. The van der Waals surface area contributed by atoms with Gasteiger partial charge < -0.3 is 15.1 Å². The second-order valence-electron chi connectivity index (χ2n) is 6.01. The first-order chi connectivity index (χ1) is 9.56. The summed E-state index contributed by atoms with van der Waals surface area (Å²) >= 11 is 1.71. The fraction of sp³-hybridized carbons (Fsp3) is 0.667. The second-order valence-corrected chi connectivity index (χ2v) is 6.79. The Morgan fingerprint density at radius 2 is 2.40 bits per heavy atom. The van der Waals surface area contributed by atoms with Crippen molar-refractivity contribution in [2.75, 3.05) is 40.3 Å². The van der Waals surface area contributed by atoms with Crippen LogP contribution in [0.4, 0.5) is 4.79 Å². The van der Waals surface area contributed by atoms with Crippen molar-refractivity contribution < 1.29 is 4.79 Å². The van der Waals surface area contributed by atoms with Gasteiger partial charge in [-0.05, 0) is 54.7 Å². The quantitative estimate of drug-likeness (QED) is 0.905. The smallest absolute Gasteiger partial charge is 0.317 e. The van der Waals surface area contributed by atoms with E-state index in [1.807, 2.05) is 4.90 Å². The summed E-state index contributed by atoms with van der Waals surface area (Å²) in [6.07, 6.45) is 1.12. The van der Waals surface area contributed by atoms with Crippen LogP contribution in [0.3, 0.4) is 0 Å². The fourth-order valence-corrected chi connectivity index (χ4v) is 3.49. The molecule has 0 spiro atoms. The highest BCUT2D eigenvalue weighted by Crippen LogP contribution is 2.19. The van der Waals surface area contributed by atoms with Crippen LogP contribution in [0.5, 0.6) is 0 Å². The Morgan fingerprint density at radius 3 is 3.05 bits per heavy atom. The minimum absolute atomic E-state index is 0.0911. The average molecular weight is 295 g/mol. The van der Waals surface area contributed by atoms with Gasteiger partial charge in [0.15, 0.2) is 0 Å². The van der Waals surface area contributed by atoms with Crippen LogP contribution in [-0.2, 0) is 0 Å². The first kappa shape index (κ1) is 15.3. The lowest BCUT2D eigenvalue weighted by molar-refractivity contribution is 0.205. The molecule has 0 radical (unpaired) electrons. The summed E-state index contributed by atoms with van der Waals surface area (Å²) in [5, 5.41) is 7.30. The van der Waals surface area contributed by atoms with E-state index in [9.17, 15) is 4.79 Å². The molecular weight excluding hydrogens is 270 g/mol. The van der Waals surface area contributed by atoms with Gasteiger partial charge >= 0.3 is 6.03 Å². The minimum atomic E-state index is 0.0911. The number of likely N-dealkylation sites (tertiary alicyclic amines) is 1. The Hall–Kier alpha value is -1.07. The van der Waals surface area contributed by atoms with Gasteiger partial charge in [0.2, 0.25) is 0 Å². The predicted molar refractivity (Wildman–Crippen MR) is 84.4 cm³/mol. The van der Waals surface area contributed by atoms with Crippen LogP contribution < -0.4 is 5.32 Å². The molecule has 20 heavy (non-hydrogen) atoms. The number of rotatable bonds is 5. The van der Waals surface area contributed by atoms with Crippen LogP contribution in [0.1, 0.15) is 24.8 Å². The molecule has 1 N–H and O–H groups in total. The number of amides is 2. The van der Waals surface area contributed by atoms with Gasteiger partial charge in [-0.15, -0.1) is 0 Å². The molecule has 0 unspecified atom stereocenters. The molecule has 4 nitrogen and oxygen atoms in total. The molecule has 0 bridgehead atoms. The highest BCUT2D eigenvalue weighted by Gasteiger charge is 2.26. The number of carbonyl (C=O) groups is 1. The maximum absolute atomic E-state index is 12.2. The van der Waals surface area contributed by atoms with E-state index in [-0.39, 0.29) is 6.03 Å². The van der Waals surface area contributed by atoms with Gasteiger partial charge in [0.05, 0.1) is 0 Å². The molecule has 2 heterocycles. The lowest BCUT2D eigenvalue weighted by Gasteiger charge is -2.20. The lowest BCUT2D eigenvalue weighted by atomic mass is 10.1. The van der Waals surface area contributed by atoms with Gasteiger partial charge in [-0.2, -0.15) is 11.3 Å². The van der Waals surface area contributed by atoms with Crippen molar-refractivity contribution in [3.63, 3.8) is 0 Å². The maximum atomic E-state index is 12.2. The van der Waals surface area contributed by atoms with Crippen LogP contribution >= 0.6 is 11.3 Å². The Labute approximate surface area is 125 Å². The third kappa shape index (κ3) is 4.21.